The Morgan fingerprint density at radius 2 is 0.769 bits per heavy atom. The highest BCUT2D eigenvalue weighted by Gasteiger charge is 2.15. The maximum absolute atomic E-state index is 2.39. The van der Waals surface area contributed by atoms with Crippen LogP contribution in [0.4, 0.5) is 0 Å². The molecule has 0 aliphatic carbocycles. The zero-order chi connectivity index (χ0) is 25.7. The molecule has 39 heavy (non-hydrogen) atoms. The molecular formula is C39H24. The molecule has 0 heteroatoms. The molecule has 0 bridgehead atoms. The monoisotopic (exact) mass is 492 g/mol. The van der Waals surface area contributed by atoms with Crippen LogP contribution in [0.15, 0.2) is 127 Å². The van der Waals surface area contributed by atoms with Gasteiger partial charge in [0.1, 0.15) is 0 Å². The third-order valence-corrected chi connectivity index (χ3v) is 8.69. The zero-order valence-corrected chi connectivity index (χ0v) is 21.6. The van der Waals surface area contributed by atoms with Crippen LogP contribution in [0.25, 0.3) is 86.9 Å². The lowest BCUT2D eigenvalue weighted by Crippen LogP contribution is -1.90. The fourth-order valence-electron chi connectivity index (χ4n) is 7.03. The van der Waals surface area contributed by atoms with Crippen molar-refractivity contribution in [2.75, 3.05) is 0 Å². The second kappa shape index (κ2) is 7.56. The zero-order valence-electron chi connectivity index (χ0n) is 21.6. The lowest BCUT2D eigenvalue weighted by molar-refractivity contribution is 1.47. The third-order valence-electron chi connectivity index (χ3n) is 8.69. The molecule has 180 valence electrons. The highest BCUT2D eigenvalue weighted by atomic mass is 14.2. The summed E-state index contributed by atoms with van der Waals surface area (Å²) in [5.74, 6) is 0. The largest absolute Gasteiger partial charge is 0.0610 e. The summed E-state index contributed by atoms with van der Waals surface area (Å²) < 4.78 is 0. The molecule has 0 unspecified atom stereocenters. The summed E-state index contributed by atoms with van der Waals surface area (Å²) in [6.45, 7) is 2.22. The average Bonchev–Trinajstić information content (AvgIpc) is 2.98. The minimum atomic E-state index is 1.26. The topological polar surface area (TPSA) is 0 Å². The molecule has 0 saturated heterocycles. The Balaban J connectivity index is 1.31. The molecule has 0 saturated carbocycles. The molecule has 0 amide bonds. The number of hydrogen-bond donors (Lipinski definition) is 0. The van der Waals surface area contributed by atoms with E-state index in [-0.39, 0.29) is 0 Å². The Morgan fingerprint density at radius 3 is 1.44 bits per heavy atom. The Morgan fingerprint density at radius 1 is 0.333 bits per heavy atom. The minimum absolute atomic E-state index is 1.26. The Labute approximate surface area is 226 Å². The van der Waals surface area contributed by atoms with Crippen molar-refractivity contribution in [3.8, 4) is 22.3 Å². The normalized spacial score (nSPS) is 12.2. The Bertz CT molecular complexity index is 2320. The summed E-state index contributed by atoms with van der Waals surface area (Å²) >= 11 is 0. The van der Waals surface area contributed by atoms with Crippen molar-refractivity contribution >= 4 is 64.6 Å². The second-order valence-electron chi connectivity index (χ2n) is 11.1. The van der Waals surface area contributed by atoms with Gasteiger partial charge in [0.05, 0.1) is 0 Å². The highest BCUT2D eigenvalue weighted by molar-refractivity contribution is 6.26. The van der Waals surface area contributed by atoms with Crippen molar-refractivity contribution in [2.45, 2.75) is 6.92 Å². The van der Waals surface area contributed by atoms with Crippen molar-refractivity contribution in [1.29, 1.82) is 0 Å². The summed E-state index contributed by atoms with van der Waals surface area (Å²) in [5, 5.41) is 15.9. The van der Waals surface area contributed by atoms with E-state index in [1.165, 1.54) is 92.5 Å². The molecule has 0 N–H and O–H groups in total. The SMILES string of the molecule is Cc1cc(-c2cc3ccc4cccc5ccc(c2)c3c45)cc(-c2cc3cccc4ccc5cccc2c5c43)c1. The van der Waals surface area contributed by atoms with Crippen LogP contribution >= 0.6 is 0 Å². The average molecular weight is 493 g/mol. The first kappa shape index (κ1) is 21.0. The molecule has 0 aliphatic rings. The van der Waals surface area contributed by atoms with Crippen LogP contribution in [0.3, 0.4) is 0 Å². The fourth-order valence-corrected chi connectivity index (χ4v) is 7.03. The molecular weight excluding hydrogens is 468 g/mol. The molecule has 0 heterocycles. The second-order valence-corrected chi connectivity index (χ2v) is 11.1. The smallest absolute Gasteiger partial charge is 0.00206 e. The lowest BCUT2D eigenvalue weighted by Gasteiger charge is -2.17. The van der Waals surface area contributed by atoms with E-state index >= 15 is 0 Å². The lowest BCUT2D eigenvalue weighted by atomic mass is 9.87. The van der Waals surface area contributed by atoms with Crippen molar-refractivity contribution in [2.24, 2.45) is 0 Å². The predicted octanol–water partition coefficient (Wildman–Crippen LogP) is 11.1. The molecule has 9 rings (SSSR count). The molecule has 0 radical (unpaired) electrons. The van der Waals surface area contributed by atoms with Crippen molar-refractivity contribution in [3.63, 3.8) is 0 Å². The van der Waals surface area contributed by atoms with E-state index in [0.717, 1.165) is 0 Å². The van der Waals surface area contributed by atoms with Gasteiger partial charge in [-0.1, -0.05) is 103 Å². The predicted molar refractivity (Wildman–Crippen MR) is 169 cm³/mol. The molecule has 9 aromatic rings. The van der Waals surface area contributed by atoms with Crippen molar-refractivity contribution < 1.29 is 0 Å². The van der Waals surface area contributed by atoms with Crippen LogP contribution in [0.5, 0.6) is 0 Å². The van der Waals surface area contributed by atoms with Gasteiger partial charge in [0.2, 0.25) is 0 Å². The molecule has 0 spiro atoms. The van der Waals surface area contributed by atoms with E-state index in [9.17, 15) is 0 Å². The van der Waals surface area contributed by atoms with Crippen LogP contribution in [0.1, 0.15) is 5.56 Å². The molecule has 0 aromatic heterocycles. The van der Waals surface area contributed by atoms with Gasteiger partial charge in [0.25, 0.3) is 0 Å². The molecule has 0 fully saturated rings. The van der Waals surface area contributed by atoms with Gasteiger partial charge in [-0.3, -0.25) is 0 Å². The maximum Gasteiger partial charge on any atom is -0.00206 e. The van der Waals surface area contributed by atoms with E-state index in [2.05, 4.69) is 134 Å². The van der Waals surface area contributed by atoms with Gasteiger partial charge in [-0.05, 0) is 124 Å². The van der Waals surface area contributed by atoms with Crippen LogP contribution in [0.2, 0.25) is 0 Å². The van der Waals surface area contributed by atoms with E-state index in [0.29, 0.717) is 0 Å². The Hall–Kier alpha value is -4.94. The van der Waals surface area contributed by atoms with Crippen LogP contribution in [0, 0.1) is 6.92 Å². The van der Waals surface area contributed by atoms with Crippen LogP contribution in [-0.2, 0) is 0 Å². The number of rotatable bonds is 2. The van der Waals surface area contributed by atoms with Crippen molar-refractivity contribution in [3.05, 3.63) is 133 Å². The first-order valence-electron chi connectivity index (χ1n) is 13.7. The van der Waals surface area contributed by atoms with Crippen molar-refractivity contribution in [1.82, 2.24) is 0 Å². The number of benzene rings is 9. The van der Waals surface area contributed by atoms with Gasteiger partial charge in [-0.2, -0.15) is 0 Å². The van der Waals surface area contributed by atoms with Gasteiger partial charge in [-0.15, -0.1) is 0 Å². The standard InChI is InChI=1S/C39H24/c1-23-17-31(32-19-29-15-13-24-5-2-6-25-14-16-30(20-32)38(29)36(24)25)21-33(18-23)35-22-28-9-3-7-26-11-12-27-8-4-10-34(35)39(27)37(26)28/h2-22H,1H3. The van der Waals surface area contributed by atoms with Gasteiger partial charge >= 0.3 is 0 Å². The summed E-state index contributed by atoms with van der Waals surface area (Å²) in [7, 11) is 0. The Kier molecular flexibility index (Phi) is 4.08. The van der Waals surface area contributed by atoms with Gasteiger partial charge in [0, 0.05) is 0 Å². The maximum atomic E-state index is 2.39. The van der Waals surface area contributed by atoms with Gasteiger partial charge < -0.3 is 0 Å². The van der Waals surface area contributed by atoms with E-state index in [1.807, 2.05) is 0 Å². The summed E-state index contributed by atoms with van der Waals surface area (Å²) in [5.41, 5.74) is 6.38. The number of hydrogen-bond acceptors (Lipinski definition) is 0. The van der Waals surface area contributed by atoms with Gasteiger partial charge in [-0.25, -0.2) is 0 Å². The third kappa shape index (κ3) is 2.95. The number of aryl methyl sites for hydroxylation is 1. The van der Waals surface area contributed by atoms with E-state index < -0.39 is 0 Å². The van der Waals surface area contributed by atoms with Crippen LogP contribution < -0.4 is 0 Å². The van der Waals surface area contributed by atoms with E-state index in [4.69, 9.17) is 0 Å². The van der Waals surface area contributed by atoms with Gasteiger partial charge in [0.15, 0.2) is 0 Å². The molecule has 9 aromatic carbocycles. The van der Waals surface area contributed by atoms with E-state index in [1.54, 1.807) is 0 Å². The first-order valence-corrected chi connectivity index (χ1v) is 13.7. The highest BCUT2D eigenvalue weighted by Crippen LogP contribution is 2.42. The minimum Gasteiger partial charge on any atom is -0.0610 e. The molecule has 0 atom stereocenters. The quantitative estimate of drug-likeness (QED) is 0.211. The first-order chi connectivity index (χ1) is 19.2. The summed E-state index contributed by atoms with van der Waals surface area (Å²) in [4.78, 5) is 0. The summed E-state index contributed by atoms with van der Waals surface area (Å²) in [6.07, 6.45) is 0. The molecule has 0 nitrogen and oxygen atoms in total. The molecule has 0 aliphatic heterocycles. The summed E-state index contributed by atoms with van der Waals surface area (Å²) in [6, 6.07) is 47.8. The fraction of sp³-hybridized carbons (Fsp3) is 0.0256. The van der Waals surface area contributed by atoms with Crippen LogP contribution in [-0.4, -0.2) is 0 Å².